The SMILES string of the molecule is N#CC(Cc1ccccc1F)(Cc1ccccc1F)C(=O)Nc1ccccc1F. The van der Waals surface area contributed by atoms with Crippen LogP contribution in [0.25, 0.3) is 0 Å². The van der Waals surface area contributed by atoms with Gasteiger partial charge in [-0.05, 0) is 35.4 Å². The van der Waals surface area contributed by atoms with Gasteiger partial charge in [-0.25, -0.2) is 13.2 Å². The van der Waals surface area contributed by atoms with Gasteiger partial charge in [-0.1, -0.05) is 48.5 Å². The summed E-state index contributed by atoms with van der Waals surface area (Å²) in [6.45, 7) is 0. The molecule has 0 radical (unpaired) electrons. The van der Waals surface area contributed by atoms with Crippen LogP contribution in [0.1, 0.15) is 11.1 Å². The first-order valence-corrected chi connectivity index (χ1v) is 8.89. The highest BCUT2D eigenvalue weighted by Gasteiger charge is 2.41. The van der Waals surface area contributed by atoms with Gasteiger partial charge in [-0.15, -0.1) is 0 Å². The summed E-state index contributed by atoms with van der Waals surface area (Å²) in [5.74, 6) is -2.68. The van der Waals surface area contributed by atoms with Crippen LogP contribution in [0.3, 0.4) is 0 Å². The Morgan fingerprint density at radius 2 is 1.24 bits per heavy atom. The van der Waals surface area contributed by atoms with Crippen LogP contribution >= 0.6 is 0 Å². The smallest absolute Gasteiger partial charge is 0.245 e. The predicted molar refractivity (Wildman–Crippen MR) is 103 cm³/mol. The zero-order valence-corrected chi connectivity index (χ0v) is 15.3. The van der Waals surface area contributed by atoms with Gasteiger partial charge in [0.25, 0.3) is 0 Å². The molecule has 146 valence electrons. The second-order valence-electron chi connectivity index (χ2n) is 6.66. The lowest BCUT2D eigenvalue weighted by Crippen LogP contribution is -2.39. The molecule has 3 aromatic carbocycles. The highest BCUT2D eigenvalue weighted by atomic mass is 19.1. The number of carbonyl (C=O) groups is 1. The average Bonchev–Trinajstić information content (AvgIpc) is 2.72. The van der Waals surface area contributed by atoms with Crippen molar-refractivity contribution in [2.45, 2.75) is 12.8 Å². The summed E-state index contributed by atoms with van der Waals surface area (Å²) < 4.78 is 42.5. The third-order valence-electron chi connectivity index (χ3n) is 4.67. The molecule has 1 amide bonds. The molecule has 3 rings (SSSR count). The number of carbonyl (C=O) groups excluding carboxylic acids is 1. The third-order valence-corrected chi connectivity index (χ3v) is 4.67. The maximum absolute atomic E-state index is 14.3. The molecule has 3 aromatic rings. The Balaban J connectivity index is 2.03. The average molecular weight is 394 g/mol. The van der Waals surface area contributed by atoms with Crippen molar-refractivity contribution in [3.8, 4) is 6.07 Å². The summed E-state index contributed by atoms with van der Waals surface area (Å²) in [7, 11) is 0. The van der Waals surface area contributed by atoms with E-state index < -0.39 is 28.8 Å². The Morgan fingerprint density at radius 1 is 0.793 bits per heavy atom. The van der Waals surface area contributed by atoms with E-state index >= 15 is 0 Å². The van der Waals surface area contributed by atoms with Crippen molar-refractivity contribution in [3.05, 3.63) is 101 Å². The zero-order chi connectivity index (χ0) is 20.9. The van der Waals surface area contributed by atoms with E-state index in [2.05, 4.69) is 5.32 Å². The highest BCUT2D eigenvalue weighted by molar-refractivity contribution is 5.97. The third kappa shape index (κ3) is 4.46. The predicted octanol–water partition coefficient (Wildman–Crippen LogP) is 5.04. The first-order valence-electron chi connectivity index (χ1n) is 8.89. The number of halogens is 3. The van der Waals surface area contributed by atoms with Crippen LogP contribution in [-0.2, 0) is 17.6 Å². The van der Waals surface area contributed by atoms with Crippen LogP contribution in [0, 0.1) is 34.2 Å². The molecule has 0 aliphatic carbocycles. The fraction of sp³-hybridized carbons (Fsp3) is 0.130. The Morgan fingerprint density at radius 3 is 1.69 bits per heavy atom. The molecule has 0 fully saturated rings. The molecular formula is C23H17F3N2O. The van der Waals surface area contributed by atoms with Crippen molar-refractivity contribution in [2.24, 2.45) is 5.41 Å². The molecule has 0 spiro atoms. The zero-order valence-electron chi connectivity index (χ0n) is 15.3. The topological polar surface area (TPSA) is 52.9 Å². The molecule has 0 saturated carbocycles. The van der Waals surface area contributed by atoms with Gasteiger partial charge < -0.3 is 5.32 Å². The van der Waals surface area contributed by atoms with E-state index in [1.54, 1.807) is 12.1 Å². The summed E-state index contributed by atoms with van der Waals surface area (Å²) in [6.07, 6.45) is -0.602. The first-order chi connectivity index (χ1) is 13.9. The molecule has 0 saturated heterocycles. The molecule has 0 atom stereocenters. The van der Waals surface area contributed by atoms with Gasteiger partial charge in [0.2, 0.25) is 5.91 Å². The molecular weight excluding hydrogens is 377 g/mol. The van der Waals surface area contributed by atoms with Crippen LogP contribution < -0.4 is 5.32 Å². The number of amides is 1. The minimum Gasteiger partial charge on any atom is -0.322 e. The van der Waals surface area contributed by atoms with Crippen molar-refractivity contribution in [1.82, 2.24) is 0 Å². The van der Waals surface area contributed by atoms with E-state index in [9.17, 15) is 23.2 Å². The number of benzene rings is 3. The lowest BCUT2D eigenvalue weighted by molar-refractivity contribution is -0.122. The van der Waals surface area contributed by atoms with Crippen molar-refractivity contribution < 1.29 is 18.0 Å². The second kappa shape index (κ2) is 8.61. The molecule has 0 heterocycles. The minimum absolute atomic E-state index is 0.112. The van der Waals surface area contributed by atoms with E-state index in [-0.39, 0.29) is 29.7 Å². The maximum Gasteiger partial charge on any atom is 0.245 e. The number of rotatable bonds is 6. The number of hydrogen-bond donors (Lipinski definition) is 1. The Bertz CT molecular complexity index is 1030. The fourth-order valence-electron chi connectivity index (χ4n) is 3.09. The minimum atomic E-state index is -1.85. The van der Waals surface area contributed by atoms with Crippen LogP contribution in [-0.4, -0.2) is 5.91 Å². The standard InChI is InChI=1S/C23H17F3N2O/c24-18-9-3-1-7-16(18)13-23(15-27,14-17-8-2-4-10-19(17)25)22(29)28-21-12-6-5-11-20(21)26/h1-12H,13-14H2,(H,28,29). The summed E-state index contributed by atoms with van der Waals surface area (Å²) in [6, 6.07) is 18.9. The van der Waals surface area contributed by atoms with E-state index in [1.165, 1.54) is 54.6 Å². The van der Waals surface area contributed by atoms with Gasteiger partial charge in [-0.2, -0.15) is 5.26 Å². The van der Waals surface area contributed by atoms with Crippen LogP contribution in [0.2, 0.25) is 0 Å². The van der Waals surface area contributed by atoms with Gasteiger partial charge in [0, 0.05) is 12.8 Å². The van der Waals surface area contributed by atoms with Gasteiger partial charge in [0.1, 0.15) is 22.9 Å². The van der Waals surface area contributed by atoms with Gasteiger partial charge in [0.15, 0.2) is 0 Å². The number of nitriles is 1. The highest BCUT2D eigenvalue weighted by Crippen LogP contribution is 2.31. The van der Waals surface area contributed by atoms with Crippen molar-refractivity contribution >= 4 is 11.6 Å². The fourth-order valence-corrected chi connectivity index (χ4v) is 3.09. The number of para-hydroxylation sites is 1. The lowest BCUT2D eigenvalue weighted by Gasteiger charge is -2.26. The second-order valence-corrected chi connectivity index (χ2v) is 6.66. The van der Waals surface area contributed by atoms with E-state index in [1.807, 2.05) is 6.07 Å². The van der Waals surface area contributed by atoms with E-state index in [0.29, 0.717) is 0 Å². The Kier molecular flexibility index (Phi) is 5.99. The van der Waals surface area contributed by atoms with Gasteiger partial charge in [-0.3, -0.25) is 4.79 Å². The Hall–Kier alpha value is -3.59. The Labute approximate surface area is 166 Å². The van der Waals surface area contributed by atoms with Gasteiger partial charge >= 0.3 is 0 Å². The summed E-state index contributed by atoms with van der Waals surface area (Å²) in [4.78, 5) is 13.1. The largest absolute Gasteiger partial charge is 0.322 e. The maximum atomic E-state index is 14.3. The lowest BCUT2D eigenvalue weighted by atomic mass is 9.76. The molecule has 3 nitrogen and oxygen atoms in total. The molecule has 0 aromatic heterocycles. The van der Waals surface area contributed by atoms with Gasteiger partial charge in [0.05, 0.1) is 11.8 Å². The van der Waals surface area contributed by atoms with E-state index in [4.69, 9.17) is 0 Å². The summed E-state index contributed by atoms with van der Waals surface area (Å²) >= 11 is 0. The number of nitrogens with one attached hydrogen (secondary N) is 1. The number of nitrogens with zero attached hydrogens (tertiary/aromatic N) is 1. The molecule has 0 aliphatic rings. The van der Waals surface area contributed by atoms with Crippen LogP contribution in [0.4, 0.5) is 18.9 Å². The molecule has 29 heavy (non-hydrogen) atoms. The number of hydrogen-bond acceptors (Lipinski definition) is 2. The molecule has 0 bridgehead atoms. The van der Waals surface area contributed by atoms with Crippen LogP contribution in [0.5, 0.6) is 0 Å². The summed E-state index contributed by atoms with van der Waals surface area (Å²) in [5, 5.41) is 12.3. The van der Waals surface area contributed by atoms with Crippen LogP contribution in [0.15, 0.2) is 72.8 Å². The molecule has 0 aliphatic heterocycles. The van der Waals surface area contributed by atoms with Crippen molar-refractivity contribution in [1.29, 1.82) is 5.26 Å². The first kappa shape index (κ1) is 20.2. The molecule has 6 heteroatoms. The van der Waals surface area contributed by atoms with Crippen molar-refractivity contribution in [3.63, 3.8) is 0 Å². The van der Waals surface area contributed by atoms with Crippen molar-refractivity contribution in [2.75, 3.05) is 5.32 Å². The molecule has 1 N–H and O–H groups in total. The quantitative estimate of drug-likeness (QED) is 0.637. The normalized spacial score (nSPS) is 11.0. The molecule has 0 unspecified atom stereocenters. The monoisotopic (exact) mass is 394 g/mol. The van der Waals surface area contributed by atoms with E-state index in [0.717, 1.165) is 6.07 Å². The number of anilines is 1. The summed E-state index contributed by atoms with van der Waals surface area (Å²) in [5.41, 5.74) is -1.70.